The third-order valence-electron chi connectivity index (χ3n) is 3.30. The van der Waals surface area contributed by atoms with E-state index in [1.807, 2.05) is 12.3 Å². The summed E-state index contributed by atoms with van der Waals surface area (Å²) in [5.41, 5.74) is 1.71. The Labute approximate surface area is 88.5 Å². The zero-order chi connectivity index (χ0) is 10.3. The zero-order valence-electron chi connectivity index (χ0n) is 8.35. The molecule has 0 saturated carbocycles. The topological polar surface area (TPSA) is 52.0 Å². The molecule has 1 N–H and O–H groups in total. The van der Waals surface area contributed by atoms with Crippen molar-refractivity contribution >= 4 is 5.69 Å². The van der Waals surface area contributed by atoms with Crippen LogP contribution in [0.25, 0.3) is 0 Å². The lowest BCUT2D eigenvalue weighted by molar-refractivity contribution is 0.297. The van der Waals surface area contributed by atoms with Gasteiger partial charge in [0.25, 0.3) is 0 Å². The fourth-order valence-electron chi connectivity index (χ4n) is 2.32. The van der Waals surface area contributed by atoms with Crippen LogP contribution >= 0.6 is 0 Å². The maximum absolute atomic E-state index is 8.80. The summed E-state index contributed by atoms with van der Waals surface area (Å²) in [5.74, 6) is 0.788. The van der Waals surface area contributed by atoms with E-state index in [4.69, 9.17) is 5.26 Å². The number of pyridine rings is 1. The molecule has 4 heteroatoms. The van der Waals surface area contributed by atoms with Crippen LogP contribution in [0.4, 0.5) is 5.69 Å². The SMILES string of the molecule is N#Cc1cncc(N2C[C@H]3CN[C@H]3C2)c1. The van der Waals surface area contributed by atoms with Crippen LogP contribution in [0.2, 0.25) is 0 Å². The molecule has 0 aliphatic carbocycles. The summed E-state index contributed by atoms with van der Waals surface area (Å²) in [6.07, 6.45) is 3.44. The monoisotopic (exact) mass is 200 g/mol. The quantitative estimate of drug-likeness (QED) is 0.711. The van der Waals surface area contributed by atoms with Crippen molar-refractivity contribution < 1.29 is 0 Å². The van der Waals surface area contributed by atoms with Gasteiger partial charge in [0.05, 0.1) is 17.4 Å². The maximum Gasteiger partial charge on any atom is 0.101 e. The van der Waals surface area contributed by atoms with Crippen molar-refractivity contribution in [2.75, 3.05) is 24.5 Å². The Kier molecular flexibility index (Phi) is 1.86. The molecule has 2 aliphatic rings. The summed E-state index contributed by atoms with van der Waals surface area (Å²) in [7, 11) is 0. The Bertz CT molecular complexity index is 411. The Morgan fingerprint density at radius 3 is 3.00 bits per heavy atom. The average Bonchev–Trinajstić information content (AvgIpc) is 2.55. The number of fused-ring (bicyclic) bond motifs is 1. The first-order valence-electron chi connectivity index (χ1n) is 5.20. The molecule has 1 aromatic rings. The fraction of sp³-hybridized carbons (Fsp3) is 0.455. The Morgan fingerprint density at radius 1 is 1.47 bits per heavy atom. The Morgan fingerprint density at radius 2 is 2.40 bits per heavy atom. The lowest BCUT2D eigenvalue weighted by Gasteiger charge is -2.29. The van der Waals surface area contributed by atoms with Gasteiger partial charge in [0.1, 0.15) is 6.07 Å². The minimum absolute atomic E-state index is 0.639. The van der Waals surface area contributed by atoms with Crippen molar-refractivity contribution in [3.8, 4) is 6.07 Å². The van der Waals surface area contributed by atoms with Gasteiger partial charge in [0, 0.05) is 37.8 Å². The summed E-state index contributed by atoms with van der Waals surface area (Å²) in [5, 5.41) is 12.2. The molecule has 2 atom stereocenters. The summed E-state index contributed by atoms with van der Waals surface area (Å²) in [4.78, 5) is 6.39. The molecule has 0 spiro atoms. The molecule has 0 bridgehead atoms. The predicted octanol–water partition coefficient (Wildman–Crippen LogP) is 0.361. The van der Waals surface area contributed by atoms with Gasteiger partial charge in [-0.3, -0.25) is 4.98 Å². The van der Waals surface area contributed by atoms with Crippen molar-refractivity contribution in [2.24, 2.45) is 5.92 Å². The first kappa shape index (κ1) is 8.69. The summed E-state index contributed by atoms with van der Waals surface area (Å²) < 4.78 is 0. The second-order valence-electron chi connectivity index (χ2n) is 4.22. The highest BCUT2D eigenvalue weighted by Gasteiger charge is 2.39. The van der Waals surface area contributed by atoms with E-state index in [1.54, 1.807) is 6.20 Å². The van der Waals surface area contributed by atoms with Gasteiger partial charge in [-0.2, -0.15) is 5.26 Å². The van der Waals surface area contributed by atoms with Crippen LogP contribution in [0.3, 0.4) is 0 Å². The number of nitrogens with one attached hydrogen (secondary N) is 1. The van der Waals surface area contributed by atoms with E-state index in [0.717, 1.165) is 31.2 Å². The molecule has 0 radical (unpaired) electrons. The smallest absolute Gasteiger partial charge is 0.101 e. The summed E-state index contributed by atoms with van der Waals surface area (Å²) >= 11 is 0. The minimum Gasteiger partial charge on any atom is -0.368 e. The molecule has 76 valence electrons. The van der Waals surface area contributed by atoms with Crippen molar-refractivity contribution in [1.29, 1.82) is 5.26 Å². The van der Waals surface area contributed by atoms with Crippen molar-refractivity contribution in [3.05, 3.63) is 24.0 Å². The van der Waals surface area contributed by atoms with Crippen LogP contribution in [0, 0.1) is 17.2 Å². The predicted molar refractivity (Wildman–Crippen MR) is 56.4 cm³/mol. The Balaban J connectivity index is 1.84. The van der Waals surface area contributed by atoms with Crippen molar-refractivity contribution in [1.82, 2.24) is 10.3 Å². The van der Waals surface area contributed by atoms with Gasteiger partial charge in [0.15, 0.2) is 0 Å². The molecular formula is C11H12N4. The van der Waals surface area contributed by atoms with Gasteiger partial charge < -0.3 is 10.2 Å². The molecular weight excluding hydrogens is 188 g/mol. The highest BCUT2D eigenvalue weighted by molar-refractivity contribution is 5.50. The van der Waals surface area contributed by atoms with Crippen LogP contribution in [0.15, 0.2) is 18.5 Å². The zero-order valence-corrected chi connectivity index (χ0v) is 8.35. The number of nitriles is 1. The van der Waals surface area contributed by atoms with Crippen LogP contribution in [-0.4, -0.2) is 30.7 Å². The van der Waals surface area contributed by atoms with E-state index in [1.165, 1.54) is 0 Å². The number of aromatic nitrogens is 1. The molecule has 3 rings (SSSR count). The van der Waals surface area contributed by atoms with E-state index in [2.05, 4.69) is 21.3 Å². The van der Waals surface area contributed by atoms with Gasteiger partial charge in [-0.25, -0.2) is 0 Å². The largest absolute Gasteiger partial charge is 0.368 e. The standard InChI is InChI=1S/C11H12N4/c12-2-8-1-10(5-13-3-8)15-6-9-4-14-11(9)7-15/h1,3,5,9,11,14H,4,6-7H2/t9-,11+/m1/s1. The summed E-state index contributed by atoms with van der Waals surface area (Å²) in [6.45, 7) is 3.27. The minimum atomic E-state index is 0.639. The van der Waals surface area contributed by atoms with Crippen molar-refractivity contribution in [3.63, 3.8) is 0 Å². The van der Waals surface area contributed by atoms with Gasteiger partial charge >= 0.3 is 0 Å². The molecule has 0 amide bonds. The van der Waals surface area contributed by atoms with E-state index < -0.39 is 0 Å². The molecule has 15 heavy (non-hydrogen) atoms. The third-order valence-corrected chi connectivity index (χ3v) is 3.30. The first-order valence-corrected chi connectivity index (χ1v) is 5.20. The number of anilines is 1. The Hall–Kier alpha value is -1.60. The molecule has 2 saturated heterocycles. The molecule has 2 aliphatic heterocycles. The van der Waals surface area contributed by atoms with Gasteiger partial charge in [-0.15, -0.1) is 0 Å². The molecule has 3 heterocycles. The normalized spacial score (nSPS) is 28.1. The molecule has 1 aromatic heterocycles. The van der Waals surface area contributed by atoms with Crippen LogP contribution in [0.5, 0.6) is 0 Å². The van der Waals surface area contributed by atoms with Crippen LogP contribution in [0.1, 0.15) is 5.56 Å². The second kappa shape index (κ2) is 3.21. The first-order chi connectivity index (χ1) is 7.36. The highest BCUT2D eigenvalue weighted by Crippen LogP contribution is 2.27. The van der Waals surface area contributed by atoms with E-state index in [9.17, 15) is 0 Å². The van der Waals surface area contributed by atoms with Crippen LogP contribution in [-0.2, 0) is 0 Å². The van der Waals surface area contributed by atoms with E-state index in [0.29, 0.717) is 11.6 Å². The van der Waals surface area contributed by atoms with Gasteiger partial charge in [0.2, 0.25) is 0 Å². The lowest BCUT2D eigenvalue weighted by Crippen LogP contribution is -2.51. The molecule has 0 unspecified atom stereocenters. The van der Waals surface area contributed by atoms with Gasteiger partial charge in [-0.05, 0) is 6.07 Å². The lowest BCUT2D eigenvalue weighted by atomic mass is 9.96. The van der Waals surface area contributed by atoms with E-state index >= 15 is 0 Å². The maximum atomic E-state index is 8.80. The highest BCUT2D eigenvalue weighted by atomic mass is 15.2. The molecule has 4 nitrogen and oxygen atoms in total. The summed E-state index contributed by atoms with van der Waals surface area (Å²) in [6, 6.07) is 4.69. The average molecular weight is 200 g/mol. The van der Waals surface area contributed by atoms with E-state index in [-0.39, 0.29) is 0 Å². The van der Waals surface area contributed by atoms with Gasteiger partial charge in [-0.1, -0.05) is 0 Å². The number of hydrogen-bond acceptors (Lipinski definition) is 4. The molecule has 0 aromatic carbocycles. The second-order valence-corrected chi connectivity index (χ2v) is 4.22. The van der Waals surface area contributed by atoms with Crippen LogP contribution < -0.4 is 10.2 Å². The molecule has 2 fully saturated rings. The number of nitrogens with zero attached hydrogens (tertiary/aromatic N) is 3. The third kappa shape index (κ3) is 1.36. The fourth-order valence-corrected chi connectivity index (χ4v) is 2.32. The van der Waals surface area contributed by atoms with Crippen molar-refractivity contribution in [2.45, 2.75) is 6.04 Å². The number of rotatable bonds is 1. The number of hydrogen-bond donors (Lipinski definition) is 1.